The predicted molar refractivity (Wildman–Crippen MR) is 115 cm³/mol. The highest BCUT2D eigenvalue weighted by Crippen LogP contribution is 2.48. The van der Waals surface area contributed by atoms with Gasteiger partial charge in [0.25, 0.3) is 0 Å². The number of nitrogens with zero attached hydrogens (tertiary/aromatic N) is 3. The SMILES string of the molecule is C=C1CSCC(COc2ccc3c(c2)SC(=C(C#N)C#N)N3CCCC)OC1=O. The standard InChI is InChI=1S/C21H21N3O3S2/c1-3-4-7-24-18-6-5-16(8-19(18)29-20(24)15(9-22)10-23)26-11-17-13-28-12-14(2)21(25)27-17/h5-6,8,17H,2-4,7,11-13H2,1H3. The zero-order valence-electron chi connectivity index (χ0n) is 16.1. The molecule has 2 aliphatic rings. The second-order valence-corrected chi connectivity index (χ2v) is 8.66. The third kappa shape index (κ3) is 4.90. The number of esters is 1. The van der Waals surface area contributed by atoms with Crippen molar-refractivity contribution < 1.29 is 14.3 Å². The first kappa shape index (κ1) is 21.2. The number of carbonyl (C=O) groups is 1. The summed E-state index contributed by atoms with van der Waals surface area (Å²) in [5, 5.41) is 19.3. The van der Waals surface area contributed by atoms with Crippen molar-refractivity contribution in [3.8, 4) is 17.9 Å². The van der Waals surface area contributed by atoms with E-state index in [0.29, 0.717) is 27.9 Å². The Morgan fingerprint density at radius 2 is 2.21 bits per heavy atom. The van der Waals surface area contributed by atoms with Gasteiger partial charge in [0, 0.05) is 28.5 Å². The summed E-state index contributed by atoms with van der Waals surface area (Å²) in [6.07, 6.45) is 1.65. The highest BCUT2D eigenvalue weighted by molar-refractivity contribution is 8.03. The van der Waals surface area contributed by atoms with Crippen LogP contribution in [0.4, 0.5) is 5.69 Å². The molecule has 3 rings (SSSR count). The van der Waals surface area contributed by atoms with Gasteiger partial charge in [0.2, 0.25) is 0 Å². The molecule has 2 aliphatic heterocycles. The largest absolute Gasteiger partial charge is 0.490 e. The molecule has 8 heteroatoms. The normalized spacial score (nSPS) is 18.4. The molecule has 6 nitrogen and oxygen atoms in total. The summed E-state index contributed by atoms with van der Waals surface area (Å²) in [6.45, 7) is 6.83. The maximum Gasteiger partial charge on any atom is 0.334 e. The molecule has 1 fully saturated rings. The summed E-state index contributed by atoms with van der Waals surface area (Å²) in [5.41, 5.74) is 1.57. The van der Waals surface area contributed by atoms with Crippen LogP contribution in [0.2, 0.25) is 0 Å². The van der Waals surface area contributed by atoms with Gasteiger partial charge in [-0.3, -0.25) is 0 Å². The average Bonchev–Trinajstić information content (AvgIpc) is 2.99. The van der Waals surface area contributed by atoms with E-state index in [-0.39, 0.29) is 24.3 Å². The summed E-state index contributed by atoms with van der Waals surface area (Å²) < 4.78 is 11.3. The van der Waals surface area contributed by atoms with E-state index in [4.69, 9.17) is 9.47 Å². The zero-order valence-corrected chi connectivity index (χ0v) is 17.8. The van der Waals surface area contributed by atoms with Gasteiger partial charge in [0.15, 0.2) is 5.57 Å². The molecule has 1 aromatic carbocycles. The number of unbranched alkanes of at least 4 members (excludes halogenated alkanes) is 1. The number of nitriles is 2. The number of fused-ring (bicyclic) bond motifs is 1. The first-order valence-corrected chi connectivity index (χ1v) is 11.3. The van der Waals surface area contributed by atoms with Gasteiger partial charge in [0.1, 0.15) is 35.6 Å². The number of carbonyl (C=O) groups excluding carboxylic acids is 1. The van der Waals surface area contributed by atoms with Crippen LogP contribution in [0.1, 0.15) is 19.8 Å². The zero-order chi connectivity index (χ0) is 20.8. The summed E-state index contributed by atoms with van der Waals surface area (Å²) in [5.74, 6) is 1.53. The van der Waals surface area contributed by atoms with Gasteiger partial charge in [0.05, 0.1) is 5.69 Å². The number of allylic oxidation sites excluding steroid dienone is 1. The molecule has 0 saturated carbocycles. The number of rotatable bonds is 6. The summed E-state index contributed by atoms with van der Waals surface area (Å²) in [6, 6.07) is 9.71. The van der Waals surface area contributed by atoms with E-state index < -0.39 is 0 Å². The maximum absolute atomic E-state index is 11.8. The minimum atomic E-state index is -0.366. The molecule has 2 heterocycles. The van der Waals surface area contributed by atoms with E-state index >= 15 is 0 Å². The number of cyclic esters (lactones) is 1. The van der Waals surface area contributed by atoms with Crippen molar-refractivity contribution in [2.45, 2.75) is 30.8 Å². The predicted octanol–water partition coefficient (Wildman–Crippen LogP) is 4.25. The average molecular weight is 428 g/mol. The number of anilines is 1. The number of benzene rings is 1. The van der Waals surface area contributed by atoms with Gasteiger partial charge >= 0.3 is 5.97 Å². The first-order chi connectivity index (χ1) is 14.1. The molecule has 1 aromatic rings. The van der Waals surface area contributed by atoms with Gasteiger partial charge < -0.3 is 14.4 Å². The van der Waals surface area contributed by atoms with Crippen molar-refractivity contribution in [2.75, 3.05) is 29.6 Å². The Kier molecular flexibility index (Phi) is 7.13. The first-order valence-electron chi connectivity index (χ1n) is 9.30. The number of hydrogen-bond donors (Lipinski definition) is 0. The summed E-state index contributed by atoms with van der Waals surface area (Å²) >= 11 is 3.01. The van der Waals surface area contributed by atoms with Crippen LogP contribution >= 0.6 is 23.5 Å². The lowest BCUT2D eigenvalue weighted by Gasteiger charge is -2.20. The van der Waals surface area contributed by atoms with Crippen LogP contribution in [0.25, 0.3) is 0 Å². The van der Waals surface area contributed by atoms with Crippen LogP contribution in [-0.4, -0.2) is 36.7 Å². The highest BCUT2D eigenvalue weighted by Gasteiger charge is 2.29. The van der Waals surface area contributed by atoms with Crippen molar-refractivity contribution in [1.29, 1.82) is 10.5 Å². The van der Waals surface area contributed by atoms with Crippen LogP contribution in [-0.2, 0) is 9.53 Å². The second kappa shape index (κ2) is 9.78. The van der Waals surface area contributed by atoms with Crippen LogP contribution in [0.15, 0.2) is 45.8 Å². The summed E-state index contributed by atoms with van der Waals surface area (Å²) in [4.78, 5) is 14.8. The van der Waals surface area contributed by atoms with Gasteiger partial charge in [-0.05, 0) is 24.6 Å². The van der Waals surface area contributed by atoms with E-state index in [1.165, 1.54) is 11.8 Å². The van der Waals surface area contributed by atoms with Crippen molar-refractivity contribution >= 4 is 35.2 Å². The van der Waals surface area contributed by atoms with E-state index in [9.17, 15) is 15.3 Å². The lowest BCUT2D eigenvalue weighted by Crippen LogP contribution is -2.26. The molecule has 150 valence electrons. The van der Waals surface area contributed by atoms with Crippen LogP contribution < -0.4 is 9.64 Å². The van der Waals surface area contributed by atoms with Gasteiger partial charge in [-0.2, -0.15) is 22.3 Å². The van der Waals surface area contributed by atoms with Crippen LogP contribution in [0.5, 0.6) is 5.75 Å². The smallest absolute Gasteiger partial charge is 0.334 e. The molecule has 0 spiro atoms. The fraction of sp³-hybridized carbons (Fsp3) is 0.381. The fourth-order valence-corrected chi connectivity index (χ4v) is 4.98. The summed E-state index contributed by atoms with van der Waals surface area (Å²) in [7, 11) is 0. The van der Waals surface area contributed by atoms with E-state index in [1.54, 1.807) is 11.8 Å². The molecule has 0 radical (unpaired) electrons. The second-order valence-electron chi connectivity index (χ2n) is 6.60. The molecule has 1 unspecified atom stereocenters. The van der Waals surface area contributed by atoms with E-state index in [0.717, 1.165) is 30.0 Å². The third-order valence-corrected chi connectivity index (χ3v) is 6.75. The molecule has 1 saturated heterocycles. The molecule has 0 N–H and O–H groups in total. The van der Waals surface area contributed by atoms with Crippen molar-refractivity contribution in [3.05, 3.63) is 41.0 Å². The van der Waals surface area contributed by atoms with Crippen molar-refractivity contribution in [1.82, 2.24) is 0 Å². The molecular weight excluding hydrogens is 406 g/mol. The lowest BCUT2D eigenvalue weighted by atomic mass is 10.2. The number of thioether (sulfide) groups is 2. The van der Waals surface area contributed by atoms with E-state index in [1.807, 2.05) is 35.2 Å². The van der Waals surface area contributed by atoms with Crippen LogP contribution in [0.3, 0.4) is 0 Å². The third-order valence-electron chi connectivity index (χ3n) is 4.42. The maximum atomic E-state index is 11.8. The lowest BCUT2D eigenvalue weighted by molar-refractivity contribution is -0.144. The quantitative estimate of drug-likeness (QED) is 0.378. The Hall–Kier alpha value is -2.55. The Labute approximate surface area is 179 Å². The Bertz CT molecular complexity index is 914. The molecule has 0 aliphatic carbocycles. The molecule has 29 heavy (non-hydrogen) atoms. The molecule has 0 bridgehead atoms. The Balaban J connectivity index is 1.75. The van der Waals surface area contributed by atoms with Gasteiger partial charge in [-0.15, -0.1) is 0 Å². The number of hydrogen-bond acceptors (Lipinski definition) is 8. The topological polar surface area (TPSA) is 86.3 Å². The molecular formula is C21H21N3O3S2. The minimum absolute atomic E-state index is 0.118. The number of ether oxygens (including phenoxy) is 2. The Morgan fingerprint density at radius 3 is 2.93 bits per heavy atom. The van der Waals surface area contributed by atoms with Crippen LogP contribution in [0, 0.1) is 22.7 Å². The highest BCUT2D eigenvalue weighted by atomic mass is 32.2. The monoisotopic (exact) mass is 427 g/mol. The molecule has 0 aromatic heterocycles. The minimum Gasteiger partial charge on any atom is -0.490 e. The molecule has 0 amide bonds. The van der Waals surface area contributed by atoms with Gasteiger partial charge in [-0.1, -0.05) is 31.7 Å². The fourth-order valence-electron chi connectivity index (χ4n) is 2.92. The Morgan fingerprint density at radius 1 is 1.41 bits per heavy atom. The van der Waals surface area contributed by atoms with E-state index in [2.05, 4.69) is 13.5 Å². The van der Waals surface area contributed by atoms with Crippen molar-refractivity contribution in [3.63, 3.8) is 0 Å². The molecule has 1 atom stereocenters. The van der Waals surface area contributed by atoms with Crippen molar-refractivity contribution in [2.24, 2.45) is 0 Å². The van der Waals surface area contributed by atoms with Gasteiger partial charge in [-0.25, -0.2) is 4.79 Å².